The second-order valence-electron chi connectivity index (χ2n) is 3.49. The van der Waals surface area contributed by atoms with Crippen molar-refractivity contribution in [3.8, 4) is 0 Å². The Labute approximate surface area is 87.0 Å². The molecule has 0 aliphatic carbocycles. The molecule has 0 bridgehead atoms. The molecule has 0 radical (unpaired) electrons. The van der Waals surface area contributed by atoms with E-state index in [2.05, 4.69) is 14.3 Å². The topological polar surface area (TPSA) is 64.3 Å². The molecule has 1 unspecified atom stereocenters. The highest BCUT2D eigenvalue weighted by atomic mass is 32.1. The van der Waals surface area contributed by atoms with E-state index in [0.29, 0.717) is 11.9 Å². The highest BCUT2D eigenvalue weighted by Crippen LogP contribution is 2.25. The van der Waals surface area contributed by atoms with E-state index < -0.39 is 0 Å². The van der Waals surface area contributed by atoms with Crippen LogP contribution >= 0.6 is 11.5 Å². The number of nitrogen functional groups attached to an aromatic ring is 1. The summed E-state index contributed by atoms with van der Waals surface area (Å²) in [6.45, 7) is 2.86. The minimum atomic E-state index is 0.375. The number of methoxy groups -OCH3 is 1. The number of anilines is 2. The summed E-state index contributed by atoms with van der Waals surface area (Å²) >= 11 is 1.37. The van der Waals surface area contributed by atoms with Gasteiger partial charge in [-0.3, -0.25) is 0 Å². The van der Waals surface area contributed by atoms with Gasteiger partial charge in [-0.2, -0.15) is 9.36 Å². The summed E-state index contributed by atoms with van der Waals surface area (Å²) in [4.78, 5) is 6.38. The summed E-state index contributed by atoms with van der Waals surface area (Å²) < 4.78 is 9.10. The van der Waals surface area contributed by atoms with E-state index in [1.165, 1.54) is 11.5 Å². The van der Waals surface area contributed by atoms with E-state index in [-0.39, 0.29) is 0 Å². The molecule has 1 aliphatic heterocycles. The van der Waals surface area contributed by atoms with Gasteiger partial charge < -0.3 is 15.4 Å². The lowest BCUT2D eigenvalue weighted by atomic mass is 10.1. The third-order valence-corrected chi connectivity index (χ3v) is 3.18. The molecule has 1 fully saturated rings. The van der Waals surface area contributed by atoms with Crippen molar-refractivity contribution in [2.24, 2.45) is 5.92 Å². The van der Waals surface area contributed by atoms with E-state index in [0.717, 1.165) is 31.2 Å². The van der Waals surface area contributed by atoms with Crippen LogP contribution in [0.15, 0.2) is 0 Å². The van der Waals surface area contributed by atoms with E-state index in [1.54, 1.807) is 7.11 Å². The molecule has 1 atom stereocenters. The SMILES string of the molecule is COCC1CCN(c2nc(N)ns2)C1. The Hall–Kier alpha value is -0.880. The van der Waals surface area contributed by atoms with E-state index in [4.69, 9.17) is 10.5 Å². The zero-order valence-corrected chi connectivity index (χ0v) is 8.96. The zero-order chi connectivity index (χ0) is 9.97. The summed E-state index contributed by atoms with van der Waals surface area (Å²) in [5.74, 6) is 0.991. The average molecular weight is 214 g/mol. The van der Waals surface area contributed by atoms with Gasteiger partial charge in [0.2, 0.25) is 11.1 Å². The zero-order valence-electron chi connectivity index (χ0n) is 8.14. The number of nitrogens with two attached hydrogens (primary N) is 1. The molecule has 2 N–H and O–H groups in total. The molecular formula is C8H14N4OS. The first-order valence-corrected chi connectivity index (χ1v) is 5.40. The minimum absolute atomic E-state index is 0.375. The normalized spacial score (nSPS) is 21.8. The summed E-state index contributed by atoms with van der Waals surface area (Å²) in [7, 11) is 1.74. The third kappa shape index (κ3) is 1.96. The van der Waals surface area contributed by atoms with Crippen LogP contribution in [0.25, 0.3) is 0 Å². The third-order valence-electron chi connectivity index (χ3n) is 2.39. The Morgan fingerprint density at radius 1 is 1.71 bits per heavy atom. The van der Waals surface area contributed by atoms with Crippen molar-refractivity contribution in [2.75, 3.05) is 37.4 Å². The van der Waals surface area contributed by atoms with Crippen LogP contribution in [0.4, 0.5) is 11.1 Å². The first-order chi connectivity index (χ1) is 6.79. The van der Waals surface area contributed by atoms with Gasteiger partial charge in [-0.05, 0) is 6.42 Å². The Bertz CT molecular complexity index is 303. The van der Waals surface area contributed by atoms with Gasteiger partial charge in [0.1, 0.15) is 0 Å². The molecule has 2 rings (SSSR count). The van der Waals surface area contributed by atoms with Crippen LogP contribution in [0.1, 0.15) is 6.42 Å². The van der Waals surface area contributed by atoms with Gasteiger partial charge in [-0.25, -0.2) is 0 Å². The van der Waals surface area contributed by atoms with Crippen LogP contribution in [0.5, 0.6) is 0 Å². The molecule has 5 nitrogen and oxygen atoms in total. The van der Waals surface area contributed by atoms with Crippen LogP contribution in [-0.2, 0) is 4.74 Å². The molecule has 2 heterocycles. The molecule has 78 valence electrons. The van der Waals surface area contributed by atoms with Gasteiger partial charge in [-0.1, -0.05) is 0 Å². The predicted octanol–water partition coefficient (Wildman–Crippen LogP) is 0.593. The fourth-order valence-corrected chi connectivity index (χ4v) is 2.36. The fraction of sp³-hybridized carbons (Fsp3) is 0.750. The average Bonchev–Trinajstić information content (AvgIpc) is 2.74. The van der Waals surface area contributed by atoms with E-state index >= 15 is 0 Å². The van der Waals surface area contributed by atoms with Crippen molar-refractivity contribution >= 4 is 22.6 Å². The second-order valence-corrected chi connectivity index (χ2v) is 4.22. The Morgan fingerprint density at radius 2 is 2.57 bits per heavy atom. The predicted molar refractivity (Wildman–Crippen MR) is 56.5 cm³/mol. The van der Waals surface area contributed by atoms with E-state index in [9.17, 15) is 0 Å². The number of ether oxygens (including phenoxy) is 1. The Morgan fingerprint density at radius 3 is 3.21 bits per heavy atom. The maximum Gasteiger partial charge on any atom is 0.233 e. The van der Waals surface area contributed by atoms with Crippen molar-refractivity contribution in [1.82, 2.24) is 9.36 Å². The molecule has 0 aromatic carbocycles. The maximum atomic E-state index is 5.48. The summed E-state index contributed by atoms with van der Waals surface area (Å²) in [6.07, 6.45) is 1.16. The Balaban J connectivity index is 1.95. The number of aromatic nitrogens is 2. The fourth-order valence-electron chi connectivity index (χ4n) is 1.73. The summed E-state index contributed by atoms with van der Waals surface area (Å²) in [5, 5.41) is 0.932. The van der Waals surface area contributed by atoms with Crippen molar-refractivity contribution in [3.05, 3.63) is 0 Å². The van der Waals surface area contributed by atoms with Crippen LogP contribution in [0.2, 0.25) is 0 Å². The van der Waals surface area contributed by atoms with Gasteiger partial charge in [0.15, 0.2) is 0 Å². The highest BCUT2D eigenvalue weighted by Gasteiger charge is 2.24. The molecule has 6 heteroatoms. The summed E-state index contributed by atoms with van der Waals surface area (Å²) in [6, 6.07) is 0. The molecule has 0 spiro atoms. The number of nitrogens with zero attached hydrogens (tertiary/aromatic N) is 3. The van der Waals surface area contributed by atoms with Crippen LogP contribution in [0.3, 0.4) is 0 Å². The molecule has 1 aliphatic rings. The lowest BCUT2D eigenvalue weighted by molar-refractivity contribution is 0.161. The molecule has 0 saturated carbocycles. The molecule has 1 aromatic rings. The molecule has 14 heavy (non-hydrogen) atoms. The first kappa shape index (κ1) is 9.67. The van der Waals surface area contributed by atoms with Crippen molar-refractivity contribution < 1.29 is 4.74 Å². The molecular weight excluding hydrogens is 200 g/mol. The largest absolute Gasteiger partial charge is 0.384 e. The van der Waals surface area contributed by atoms with E-state index in [1.807, 2.05) is 0 Å². The lowest BCUT2D eigenvalue weighted by Gasteiger charge is -2.13. The second kappa shape index (κ2) is 4.10. The van der Waals surface area contributed by atoms with Crippen molar-refractivity contribution in [3.63, 3.8) is 0 Å². The number of rotatable bonds is 3. The quantitative estimate of drug-likeness (QED) is 0.798. The van der Waals surface area contributed by atoms with Gasteiger partial charge in [-0.15, -0.1) is 0 Å². The molecule has 0 amide bonds. The van der Waals surface area contributed by atoms with Crippen LogP contribution < -0.4 is 10.6 Å². The first-order valence-electron chi connectivity index (χ1n) is 4.62. The van der Waals surface area contributed by atoms with Gasteiger partial charge in [0.25, 0.3) is 0 Å². The monoisotopic (exact) mass is 214 g/mol. The lowest BCUT2D eigenvalue weighted by Crippen LogP contribution is -2.20. The van der Waals surface area contributed by atoms with Gasteiger partial charge in [0, 0.05) is 37.6 Å². The van der Waals surface area contributed by atoms with Crippen molar-refractivity contribution in [1.29, 1.82) is 0 Å². The van der Waals surface area contributed by atoms with Gasteiger partial charge in [0.05, 0.1) is 6.61 Å². The standard InChI is InChI=1S/C8H14N4OS/c1-13-5-6-2-3-12(4-6)8-10-7(9)11-14-8/h6H,2-5H2,1H3,(H2,9,11). The smallest absolute Gasteiger partial charge is 0.233 e. The Kier molecular flexibility index (Phi) is 2.83. The van der Waals surface area contributed by atoms with Gasteiger partial charge >= 0.3 is 0 Å². The number of hydrogen-bond donors (Lipinski definition) is 1. The van der Waals surface area contributed by atoms with Crippen molar-refractivity contribution in [2.45, 2.75) is 6.42 Å². The minimum Gasteiger partial charge on any atom is -0.384 e. The van der Waals surface area contributed by atoms with Crippen LogP contribution in [0, 0.1) is 5.92 Å². The number of hydrogen-bond acceptors (Lipinski definition) is 6. The molecule has 1 saturated heterocycles. The maximum absolute atomic E-state index is 5.48. The molecule has 1 aromatic heterocycles. The highest BCUT2D eigenvalue weighted by molar-refractivity contribution is 7.09. The van der Waals surface area contributed by atoms with Crippen LogP contribution in [-0.4, -0.2) is 36.2 Å². The summed E-state index contributed by atoms with van der Waals surface area (Å²) in [5.41, 5.74) is 5.48.